The minimum absolute atomic E-state index is 0.207. The van der Waals surface area contributed by atoms with Gasteiger partial charge in [0.15, 0.2) is 0 Å². The Kier molecular flexibility index (Phi) is 5.43. The normalized spacial score (nSPS) is 13.1. The molecule has 18 heavy (non-hydrogen) atoms. The topological polar surface area (TPSA) is 67.4 Å². The van der Waals surface area contributed by atoms with Crippen LogP contribution in [0.3, 0.4) is 0 Å². The van der Waals surface area contributed by atoms with Crippen LogP contribution in [0.4, 0.5) is 11.4 Å². The molecule has 6 heteroatoms. The minimum Gasteiger partial charge on any atom is -0.380 e. The molecule has 1 atom stereocenters. The van der Waals surface area contributed by atoms with E-state index in [2.05, 4.69) is 10.0 Å². The van der Waals surface area contributed by atoms with E-state index in [1.54, 1.807) is 12.1 Å². The number of hydrogen-bond donors (Lipinski definition) is 2. The first-order valence-corrected chi connectivity index (χ1v) is 7.72. The van der Waals surface area contributed by atoms with Gasteiger partial charge in [0.1, 0.15) is 0 Å². The molecular weight excluding hydrogens is 252 g/mol. The largest absolute Gasteiger partial charge is 0.380 e. The predicted octanol–water partition coefficient (Wildman–Crippen LogP) is 1.89. The third-order valence-electron chi connectivity index (χ3n) is 2.17. The molecule has 1 rings (SSSR count). The van der Waals surface area contributed by atoms with Gasteiger partial charge in [-0.3, -0.25) is 4.72 Å². The molecule has 0 bridgehead atoms. The van der Waals surface area contributed by atoms with Crippen LogP contribution >= 0.6 is 0 Å². The SMILES string of the molecule is CCOCC(C)Nc1ccc(NS(C)(=O)=O)cc1. The van der Waals surface area contributed by atoms with Gasteiger partial charge in [-0.15, -0.1) is 0 Å². The van der Waals surface area contributed by atoms with Gasteiger partial charge in [-0.05, 0) is 38.1 Å². The lowest BCUT2D eigenvalue weighted by atomic mass is 10.2. The second kappa shape index (κ2) is 6.61. The van der Waals surface area contributed by atoms with E-state index in [1.807, 2.05) is 26.0 Å². The summed E-state index contributed by atoms with van der Waals surface area (Å²) in [6.07, 6.45) is 1.13. The van der Waals surface area contributed by atoms with Crippen molar-refractivity contribution >= 4 is 21.4 Å². The molecule has 0 aromatic heterocycles. The number of sulfonamides is 1. The van der Waals surface area contributed by atoms with Crippen LogP contribution in [0.25, 0.3) is 0 Å². The van der Waals surface area contributed by atoms with E-state index in [1.165, 1.54) is 0 Å². The summed E-state index contributed by atoms with van der Waals surface area (Å²) in [5.74, 6) is 0. The summed E-state index contributed by atoms with van der Waals surface area (Å²) < 4.78 is 29.8. The van der Waals surface area contributed by atoms with Gasteiger partial charge in [-0.1, -0.05) is 0 Å². The zero-order valence-electron chi connectivity index (χ0n) is 10.9. The van der Waals surface area contributed by atoms with Crippen molar-refractivity contribution in [2.24, 2.45) is 0 Å². The van der Waals surface area contributed by atoms with Gasteiger partial charge in [0.25, 0.3) is 0 Å². The maximum atomic E-state index is 11.0. The highest BCUT2D eigenvalue weighted by molar-refractivity contribution is 7.92. The lowest BCUT2D eigenvalue weighted by Gasteiger charge is -2.15. The lowest BCUT2D eigenvalue weighted by molar-refractivity contribution is 0.141. The van der Waals surface area contributed by atoms with Crippen LogP contribution in [0.1, 0.15) is 13.8 Å². The summed E-state index contributed by atoms with van der Waals surface area (Å²) in [4.78, 5) is 0. The van der Waals surface area contributed by atoms with E-state index in [4.69, 9.17) is 4.74 Å². The maximum absolute atomic E-state index is 11.0. The first kappa shape index (κ1) is 14.8. The standard InChI is InChI=1S/C12H20N2O3S/c1-4-17-9-10(2)13-11-5-7-12(8-6-11)14-18(3,15)16/h5-8,10,13-14H,4,9H2,1-3H3. The van der Waals surface area contributed by atoms with Gasteiger partial charge in [-0.2, -0.15) is 0 Å². The molecule has 5 nitrogen and oxygen atoms in total. The fourth-order valence-electron chi connectivity index (χ4n) is 1.47. The molecule has 102 valence electrons. The van der Waals surface area contributed by atoms with Crippen molar-refractivity contribution in [2.75, 3.05) is 29.5 Å². The average Bonchev–Trinajstić information content (AvgIpc) is 2.27. The molecule has 0 fully saturated rings. The third kappa shape index (κ3) is 5.88. The quantitative estimate of drug-likeness (QED) is 0.795. The molecule has 0 amide bonds. The second-order valence-corrected chi connectivity index (χ2v) is 5.90. The molecule has 0 saturated carbocycles. The Balaban J connectivity index is 2.55. The highest BCUT2D eigenvalue weighted by Crippen LogP contribution is 2.15. The zero-order valence-corrected chi connectivity index (χ0v) is 11.8. The van der Waals surface area contributed by atoms with E-state index < -0.39 is 10.0 Å². The molecule has 0 heterocycles. The molecule has 2 N–H and O–H groups in total. The summed E-state index contributed by atoms with van der Waals surface area (Å²) in [5, 5.41) is 3.26. The Labute approximate surface area is 109 Å². The molecule has 1 aromatic rings. The number of ether oxygens (including phenoxy) is 1. The highest BCUT2D eigenvalue weighted by atomic mass is 32.2. The van der Waals surface area contributed by atoms with Crippen molar-refractivity contribution in [3.63, 3.8) is 0 Å². The van der Waals surface area contributed by atoms with Crippen molar-refractivity contribution in [1.29, 1.82) is 0 Å². The van der Waals surface area contributed by atoms with Gasteiger partial charge < -0.3 is 10.1 Å². The molecule has 1 unspecified atom stereocenters. The van der Waals surface area contributed by atoms with Crippen LogP contribution in [0.2, 0.25) is 0 Å². The predicted molar refractivity (Wildman–Crippen MR) is 74.5 cm³/mol. The van der Waals surface area contributed by atoms with Gasteiger partial charge in [0.2, 0.25) is 10.0 Å². The van der Waals surface area contributed by atoms with Crippen molar-refractivity contribution in [3.8, 4) is 0 Å². The van der Waals surface area contributed by atoms with Crippen LogP contribution in [0.15, 0.2) is 24.3 Å². The fraction of sp³-hybridized carbons (Fsp3) is 0.500. The van der Waals surface area contributed by atoms with E-state index in [0.717, 1.165) is 11.9 Å². The summed E-state index contributed by atoms with van der Waals surface area (Å²) in [7, 11) is -3.22. The summed E-state index contributed by atoms with van der Waals surface area (Å²) >= 11 is 0. The van der Waals surface area contributed by atoms with E-state index in [9.17, 15) is 8.42 Å². The molecule has 0 aliphatic heterocycles. The molecule has 0 radical (unpaired) electrons. The monoisotopic (exact) mass is 272 g/mol. The minimum atomic E-state index is -3.22. The molecular formula is C12H20N2O3S. The van der Waals surface area contributed by atoms with Crippen LogP contribution in [0.5, 0.6) is 0 Å². The number of hydrogen-bond acceptors (Lipinski definition) is 4. The number of nitrogens with one attached hydrogen (secondary N) is 2. The molecule has 0 spiro atoms. The van der Waals surface area contributed by atoms with E-state index in [0.29, 0.717) is 18.9 Å². The van der Waals surface area contributed by atoms with E-state index in [-0.39, 0.29) is 6.04 Å². The average molecular weight is 272 g/mol. The second-order valence-electron chi connectivity index (χ2n) is 4.16. The Morgan fingerprint density at radius 3 is 2.28 bits per heavy atom. The summed E-state index contributed by atoms with van der Waals surface area (Å²) in [5.41, 5.74) is 1.49. The van der Waals surface area contributed by atoms with Crippen molar-refractivity contribution < 1.29 is 13.2 Å². The van der Waals surface area contributed by atoms with Crippen molar-refractivity contribution in [3.05, 3.63) is 24.3 Å². The van der Waals surface area contributed by atoms with Crippen LogP contribution in [-0.4, -0.2) is 33.9 Å². The van der Waals surface area contributed by atoms with Crippen molar-refractivity contribution in [2.45, 2.75) is 19.9 Å². The summed E-state index contributed by atoms with van der Waals surface area (Å²) in [6.45, 7) is 5.32. The Morgan fingerprint density at radius 1 is 1.22 bits per heavy atom. The lowest BCUT2D eigenvalue weighted by Crippen LogP contribution is -2.21. The molecule has 0 aliphatic rings. The number of rotatable bonds is 7. The van der Waals surface area contributed by atoms with Crippen LogP contribution < -0.4 is 10.0 Å². The Bertz CT molecular complexity index is 457. The van der Waals surface area contributed by atoms with Crippen LogP contribution in [0, 0.1) is 0 Å². The smallest absolute Gasteiger partial charge is 0.229 e. The van der Waals surface area contributed by atoms with Gasteiger partial charge in [0.05, 0.1) is 12.9 Å². The van der Waals surface area contributed by atoms with Crippen LogP contribution in [-0.2, 0) is 14.8 Å². The van der Waals surface area contributed by atoms with Gasteiger partial charge in [0, 0.05) is 24.0 Å². The Morgan fingerprint density at radius 2 is 1.78 bits per heavy atom. The number of benzene rings is 1. The maximum Gasteiger partial charge on any atom is 0.229 e. The van der Waals surface area contributed by atoms with E-state index >= 15 is 0 Å². The third-order valence-corrected chi connectivity index (χ3v) is 2.78. The fourth-order valence-corrected chi connectivity index (χ4v) is 2.03. The van der Waals surface area contributed by atoms with Gasteiger partial charge >= 0.3 is 0 Å². The zero-order chi connectivity index (χ0) is 13.6. The Hall–Kier alpha value is -1.27. The number of anilines is 2. The first-order valence-electron chi connectivity index (χ1n) is 5.83. The molecule has 0 saturated heterocycles. The molecule has 1 aromatic carbocycles. The summed E-state index contributed by atoms with van der Waals surface area (Å²) in [6, 6.07) is 7.30. The first-order chi connectivity index (χ1) is 8.40. The van der Waals surface area contributed by atoms with Gasteiger partial charge in [-0.25, -0.2) is 8.42 Å². The van der Waals surface area contributed by atoms with Crippen molar-refractivity contribution in [1.82, 2.24) is 0 Å². The highest BCUT2D eigenvalue weighted by Gasteiger charge is 2.03. The molecule has 0 aliphatic carbocycles.